The van der Waals surface area contributed by atoms with Gasteiger partial charge in [0.05, 0.1) is 0 Å². The number of hydrogen-bond donors (Lipinski definition) is 1. The minimum absolute atomic E-state index is 0.185. The van der Waals surface area contributed by atoms with E-state index in [0.29, 0.717) is 0 Å². The van der Waals surface area contributed by atoms with Crippen LogP contribution < -0.4 is 10.1 Å². The molecule has 1 N–H and O–H groups in total. The van der Waals surface area contributed by atoms with Crippen molar-refractivity contribution in [2.45, 2.75) is 18.9 Å². The summed E-state index contributed by atoms with van der Waals surface area (Å²) in [7, 11) is 0. The van der Waals surface area contributed by atoms with Gasteiger partial charge in [-0.25, -0.2) is 4.39 Å². The normalized spacial score (nSPS) is 16.6. The molecule has 0 aliphatic carbocycles. The summed E-state index contributed by atoms with van der Waals surface area (Å²) in [5.74, 6) is 0.804. The molecular weight excluding hydrogens is 333 g/mol. The number of nitrogens with one attached hydrogen (secondary N) is 1. The van der Waals surface area contributed by atoms with E-state index in [-0.39, 0.29) is 11.9 Å². The molecule has 1 heterocycles. The minimum atomic E-state index is -0.185. The van der Waals surface area contributed by atoms with E-state index in [0.717, 1.165) is 41.7 Å². The Labute approximate surface area is 132 Å². The first-order valence-electron chi connectivity index (χ1n) is 7.11. The first kappa shape index (κ1) is 14.5. The first-order valence-corrected chi connectivity index (χ1v) is 7.90. The average molecular weight is 350 g/mol. The highest BCUT2D eigenvalue weighted by molar-refractivity contribution is 9.10. The van der Waals surface area contributed by atoms with Crippen molar-refractivity contribution in [3.63, 3.8) is 0 Å². The zero-order valence-corrected chi connectivity index (χ0v) is 13.2. The summed E-state index contributed by atoms with van der Waals surface area (Å²) in [6, 6.07) is 12.8. The SMILES string of the molecule is Fc1ccc(CCNCC2Cc3cc(Br)ccc3O2)cc1. The fourth-order valence-corrected chi connectivity index (χ4v) is 2.96. The third-order valence-electron chi connectivity index (χ3n) is 3.64. The molecule has 1 aliphatic heterocycles. The largest absolute Gasteiger partial charge is 0.488 e. The molecule has 0 spiro atoms. The predicted octanol–water partition coefficient (Wildman–Crippen LogP) is 3.72. The van der Waals surface area contributed by atoms with Crippen molar-refractivity contribution in [2.24, 2.45) is 0 Å². The molecule has 2 aromatic rings. The third kappa shape index (κ3) is 3.83. The molecule has 0 radical (unpaired) electrons. The van der Waals surface area contributed by atoms with E-state index >= 15 is 0 Å². The topological polar surface area (TPSA) is 21.3 Å². The van der Waals surface area contributed by atoms with Crippen molar-refractivity contribution in [1.29, 1.82) is 0 Å². The maximum absolute atomic E-state index is 12.8. The van der Waals surface area contributed by atoms with Gasteiger partial charge in [0.1, 0.15) is 17.7 Å². The number of fused-ring (bicyclic) bond motifs is 1. The van der Waals surface area contributed by atoms with E-state index in [2.05, 4.69) is 27.3 Å². The summed E-state index contributed by atoms with van der Waals surface area (Å²) in [6.45, 7) is 1.69. The highest BCUT2D eigenvalue weighted by atomic mass is 79.9. The molecule has 110 valence electrons. The number of hydrogen-bond acceptors (Lipinski definition) is 2. The van der Waals surface area contributed by atoms with Crippen LogP contribution in [0.4, 0.5) is 4.39 Å². The van der Waals surface area contributed by atoms with Crippen LogP contribution in [-0.2, 0) is 12.8 Å². The van der Waals surface area contributed by atoms with Crippen molar-refractivity contribution in [3.8, 4) is 5.75 Å². The molecule has 0 saturated carbocycles. The van der Waals surface area contributed by atoms with Gasteiger partial charge in [-0.2, -0.15) is 0 Å². The molecular formula is C17H17BrFNO. The molecule has 21 heavy (non-hydrogen) atoms. The fourth-order valence-electron chi connectivity index (χ4n) is 2.55. The van der Waals surface area contributed by atoms with Crippen molar-refractivity contribution in [1.82, 2.24) is 5.32 Å². The Kier molecular flexibility index (Phi) is 4.56. The van der Waals surface area contributed by atoms with E-state index in [1.807, 2.05) is 24.3 Å². The zero-order chi connectivity index (χ0) is 14.7. The van der Waals surface area contributed by atoms with E-state index in [9.17, 15) is 4.39 Å². The van der Waals surface area contributed by atoms with Gasteiger partial charge in [0.25, 0.3) is 0 Å². The number of halogens is 2. The molecule has 2 nitrogen and oxygen atoms in total. The lowest BCUT2D eigenvalue weighted by molar-refractivity contribution is 0.228. The van der Waals surface area contributed by atoms with Crippen LogP contribution in [0.25, 0.3) is 0 Å². The Bertz CT molecular complexity index is 615. The Morgan fingerprint density at radius 3 is 2.81 bits per heavy atom. The minimum Gasteiger partial charge on any atom is -0.488 e. The summed E-state index contributed by atoms with van der Waals surface area (Å²) in [5, 5.41) is 3.41. The van der Waals surface area contributed by atoms with Gasteiger partial charge >= 0.3 is 0 Å². The average Bonchev–Trinajstić information content (AvgIpc) is 2.87. The van der Waals surface area contributed by atoms with Crippen molar-refractivity contribution in [3.05, 3.63) is 63.9 Å². The van der Waals surface area contributed by atoms with Crippen molar-refractivity contribution < 1.29 is 9.13 Å². The Morgan fingerprint density at radius 1 is 1.19 bits per heavy atom. The molecule has 3 rings (SSSR count). The van der Waals surface area contributed by atoms with Gasteiger partial charge in [0.15, 0.2) is 0 Å². The highest BCUT2D eigenvalue weighted by Gasteiger charge is 2.22. The van der Waals surface area contributed by atoms with Gasteiger partial charge in [-0.15, -0.1) is 0 Å². The second kappa shape index (κ2) is 6.58. The molecule has 0 fully saturated rings. The smallest absolute Gasteiger partial charge is 0.123 e. The van der Waals surface area contributed by atoms with E-state index in [1.165, 1.54) is 17.7 Å². The lowest BCUT2D eigenvalue weighted by Crippen LogP contribution is -2.31. The molecule has 2 aromatic carbocycles. The van der Waals surface area contributed by atoms with E-state index in [4.69, 9.17) is 4.74 Å². The summed E-state index contributed by atoms with van der Waals surface area (Å²) < 4.78 is 19.8. The van der Waals surface area contributed by atoms with Crippen LogP contribution in [-0.4, -0.2) is 19.2 Å². The van der Waals surface area contributed by atoms with Gasteiger partial charge in [0, 0.05) is 17.4 Å². The molecule has 0 aromatic heterocycles. The third-order valence-corrected chi connectivity index (χ3v) is 4.13. The summed E-state index contributed by atoms with van der Waals surface area (Å²) in [6.07, 6.45) is 2.03. The second-order valence-electron chi connectivity index (χ2n) is 5.28. The van der Waals surface area contributed by atoms with Gasteiger partial charge in [-0.3, -0.25) is 0 Å². The Balaban J connectivity index is 1.42. The standard InChI is InChI=1S/C17H17BrFNO/c18-14-3-6-17-13(9-14)10-16(21-17)11-20-8-7-12-1-4-15(19)5-2-12/h1-6,9,16,20H,7-8,10-11H2. The fraction of sp³-hybridized carbons (Fsp3) is 0.294. The number of rotatable bonds is 5. The van der Waals surface area contributed by atoms with Crippen LogP contribution in [0.1, 0.15) is 11.1 Å². The summed E-state index contributed by atoms with van der Waals surface area (Å²) in [5.41, 5.74) is 2.40. The molecule has 1 aliphatic rings. The first-order chi connectivity index (χ1) is 10.2. The predicted molar refractivity (Wildman–Crippen MR) is 85.2 cm³/mol. The second-order valence-corrected chi connectivity index (χ2v) is 6.19. The molecule has 1 atom stereocenters. The lowest BCUT2D eigenvalue weighted by atomic mass is 10.1. The lowest BCUT2D eigenvalue weighted by Gasteiger charge is -2.11. The van der Waals surface area contributed by atoms with Crippen LogP contribution in [0.15, 0.2) is 46.9 Å². The van der Waals surface area contributed by atoms with E-state index in [1.54, 1.807) is 0 Å². The monoisotopic (exact) mass is 349 g/mol. The number of benzene rings is 2. The Morgan fingerprint density at radius 2 is 2.00 bits per heavy atom. The summed E-state index contributed by atoms with van der Waals surface area (Å²) in [4.78, 5) is 0. The quantitative estimate of drug-likeness (QED) is 0.830. The summed E-state index contributed by atoms with van der Waals surface area (Å²) >= 11 is 3.48. The van der Waals surface area contributed by atoms with Crippen LogP contribution in [0.2, 0.25) is 0 Å². The molecule has 0 bridgehead atoms. The van der Waals surface area contributed by atoms with Crippen LogP contribution in [0.3, 0.4) is 0 Å². The van der Waals surface area contributed by atoms with Crippen LogP contribution in [0.5, 0.6) is 5.75 Å². The Hall–Kier alpha value is -1.39. The van der Waals surface area contributed by atoms with Gasteiger partial charge in [0.2, 0.25) is 0 Å². The van der Waals surface area contributed by atoms with E-state index < -0.39 is 0 Å². The van der Waals surface area contributed by atoms with Gasteiger partial charge < -0.3 is 10.1 Å². The maximum atomic E-state index is 12.8. The van der Waals surface area contributed by atoms with Crippen molar-refractivity contribution >= 4 is 15.9 Å². The highest BCUT2D eigenvalue weighted by Crippen LogP contribution is 2.30. The van der Waals surface area contributed by atoms with Crippen LogP contribution in [0, 0.1) is 5.82 Å². The molecule has 0 saturated heterocycles. The molecule has 0 amide bonds. The zero-order valence-electron chi connectivity index (χ0n) is 11.6. The maximum Gasteiger partial charge on any atom is 0.123 e. The molecule has 4 heteroatoms. The van der Waals surface area contributed by atoms with Crippen LogP contribution >= 0.6 is 15.9 Å². The molecule has 1 unspecified atom stereocenters. The van der Waals surface area contributed by atoms with Crippen molar-refractivity contribution in [2.75, 3.05) is 13.1 Å². The van der Waals surface area contributed by atoms with Gasteiger partial charge in [-0.05, 0) is 54.4 Å². The number of ether oxygens (including phenoxy) is 1. The van der Waals surface area contributed by atoms with Gasteiger partial charge in [-0.1, -0.05) is 28.1 Å².